The zero-order chi connectivity index (χ0) is 10.5. The van der Waals surface area contributed by atoms with Gasteiger partial charge in [0.15, 0.2) is 0 Å². The second-order valence-electron chi connectivity index (χ2n) is 3.53. The molecule has 15 heavy (non-hydrogen) atoms. The van der Waals surface area contributed by atoms with Crippen molar-refractivity contribution in [3.05, 3.63) is 42.2 Å². The van der Waals surface area contributed by atoms with Crippen LogP contribution in [0.3, 0.4) is 0 Å². The number of aryl methyl sites for hydroxylation is 1. The summed E-state index contributed by atoms with van der Waals surface area (Å²) in [5.41, 5.74) is 2.43. The van der Waals surface area contributed by atoms with Crippen LogP contribution in [0.1, 0.15) is 18.2 Å². The molecule has 0 amide bonds. The van der Waals surface area contributed by atoms with Gasteiger partial charge in [0.25, 0.3) is 0 Å². The number of aromatic amines is 1. The molecule has 0 unspecified atom stereocenters. The van der Waals surface area contributed by atoms with E-state index in [1.807, 2.05) is 6.20 Å². The van der Waals surface area contributed by atoms with Gasteiger partial charge in [0.2, 0.25) is 0 Å². The van der Waals surface area contributed by atoms with Crippen LogP contribution < -0.4 is 5.32 Å². The highest BCUT2D eigenvalue weighted by molar-refractivity contribution is 5.10. The lowest BCUT2D eigenvalue weighted by Crippen LogP contribution is -2.12. The van der Waals surface area contributed by atoms with Gasteiger partial charge in [0, 0.05) is 43.9 Å². The van der Waals surface area contributed by atoms with Crippen LogP contribution in [0.2, 0.25) is 0 Å². The van der Waals surface area contributed by atoms with Crippen molar-refractivity contribution in [3.8, 4) is 0 Å². The molecule has 4 nitrogen and oxygen atoms in total. The number of H-pyrrole nitrogens is 1. The third kappa shape index (κ3) is 2.70. The van der Waals surface area contributed by atoms with Crippen molar-refractivity contribution >= 4 is 0 Å². The molecule has 0 aromatic carbocycles. The van der Waals surface area contributed by atoms with Gasteiger partial charge in [0.05, 0.1) is 6.33 Å². The minimum atomic E-state index is 0.831. The van der Waals surface area contributed by atoms with Crippen molar-refractivity contribution in [2.45, 2.75) is 26.6 Å². The van der Waals surface area contributed by atoms with E-state index in [1.165, 1.54) is 5.56 Å². The summed E-state index contributed by atoms with van der Waals surface area (Å²) in [6, 6.07) is 2.14. The molecule has 0 saturated heterocycles. The fraction of sp³-hybridized carbons (Fsp3) is 0.364. The van der Waals surface area contributed by atoms with Gasteiger partial charge in [0.1, 0.15) is 0 Å². The zero-order valence-electron chi connectivity index (χ0n) is 8.90. The molecule has 0 spiro atoms. The Kier molecular flexibility index (Phi) is 3.19. The van der Waals surface area contributed by atoms with E-state index in [0.29, 0.717) is 0 Å². The smallest absolute Gasteiger partial charge is 0.0922 e. The first-order valence-corrected chi connectivity index (χ1v) is 5.21. The van der Waals surface area contributed by atoms with Crippen LogP contribution in [0.5, 0.6) is 0 Å². The molecule has 0 atom stereocenters. The van der Waals surface area contributed by atoms with Gasteiger partial charge in [-0.1, -0.05) is 0 Å². The maximum absolute atomic E-state index is 3.97. The average molecular weight is 204 g/mol. The summed E-state index contributed by atoms with van der Waals surface area (Å²) in [7, 11) is 0. The Labute approximate surface area is 89.3 Å². The third-order valence-electron chi connectivity index (χ3n) is 2.38. The molecule has 4 heteroatoms. The summed E-state index contributed by atoms with van der Waals surface area (Å²) in [6.45, 7) is 4.89. The van der Waals surface area contributed by atoms with Gasteiger partial charge < -0.3 is 14.9 Å². The normalized spacial score (nSPS) is 10.7. The first-order chi connectivity index (χ1) is 7.38. The van der Waals surface area contributed by atoms with Crippen molar-refractivity contribution in [2.75, 3.05) is 0 Å². The number of aromatic nitrogens is 3. The predicted molar refractivity (Wildman–Crippen MR) is 59.2 cm³/mol. The largest absolute Gasteiger partial charge is 0.354 e. The van der Waals surface area contributed by atoms with E-state index in [1.54, 1.807) is 6.33 Å². The van der Waals surface area contributed by atoms with Crippen LogP contribution in [-0.2, 0) is 19.6 Å². The van der Waals surface area contributed by atoms with E-state index in [0.717, 1.165) is 25.3 Å². The first kappa shape index (κ1) is 9.98. The minimum Gasteiger partial charge on any atom is -0.354 e. The van der Waals surface area contributed by atoms with Crippen molar-refractivity contribution < 1.29 is 0 Å². The van der Waals surface area contributed by atoms with Gasteiger partial charge in [-0.3, -0.25) is 0 Å². The van der Waals surface area contributed by atoms with E-state index in [9.17, 15) is 0 Å². The van der Waals surface area contributed by atoms with E-state index >= 15 is 0 Å². The lowest BCUT2D eigenvalue weighted by molar-refractivity contribution is 0.678. The Morgan fingerprint density at radius 1 is 1.47 bits per heavy atom. The Morgan fingerprint density at radius 3 is 3.07 bits per heavy atom. The molecule has 0 aliphatic carbocycles. The number of hydrogen-bond acceptors (Lipinski definition) is 2. The molecule has 0 fully saturated rings. The summed E-state index contributed by atoms with van der Waals surface area (Å²) >= 11 is 0. The Morgan fingerprint density at radius 2 is 2.40 bits per heavy atom. The summed E-state index contributed by atoms with van der Waals surface area (Å²) in [6.07, 6.45) is 7.81. The van der Waals surface area contributed by atoms with E-state index in [-0.39, 0.29) is 0 Å². The van der Waals surface area contributed by atoms with Gasteiger partial charge in [-0.2, -0.15) is 0 Å². The topological polar surface area (TPSA) is 45.6 Å². The molecule has 2 aromatic rings. The fourth-order valence-corrected chi connectivity index (χ4v) is 1.51. The standard InChI is InChI=1S/C11H16N4/c1-2-15-4-3-10(8-15)5-12-6-11-7-13-9-14-11/h3-4,7-9,12H,2,5-6H2,1H3,(H,13,14). The van der Waals surface area contributed by atoms with Crippen LogP contribution in [0.15, 0.2) is 31.0 Å². The monoisotopic (exact) mass is 204 g/mol. The predicted octanol–water partition coefficient (Wildman–Crippen LogP) is 1.52. The Hall–Kier alpha value is -1.55. The summed E-state index contributed by atoms with van der Waals surface area (Å²) in [5, 5.41) is 3.36. The van der Waals surface area contributed by atoms with Crippen LogP contribution in [0.25, 0.3) is 0 Å². The quantitative estimate of drug-likeness (QED) is 0.775. The molecular formula is C11H16N4. The molecule has 0 aliphatic rings. The van der Waals surface area contributed by atoms with Crippen LogP contribution >= 0.6 is 0 Å². The van der Waals surface area contributed by atoms with Gasteiger partial charge in [-0.15, -0.1) is 0 Å². The third-order valence-corrected chi connectivity index (χ3v) is 2.38. The van der Waals surface area contributed by atoms with Crippen molar-refractivity contribution in [2.24, 2.45) is 0 Å². The van der Waals surface area contributed by atoms with Crippen molar-refractivity contribution in [3.63, 3.8) is 0 Å². The summed E-state index contributed by atoms with van der Waals surface area (Å²) < 4.78 is 2.17. The molecule has 0 radical (unpaired) electrons. The minimum absolute atomic E-state index is 0.831. The molecule has 0 aliphatic heterocycles. The Balaban J connectivity index is 1.78. The van der Waals surface area contributed by atoms with E-state index < -0.39 is 0 Å². The number of hydrogen-bond donors (Lipinski definition) is 2. The number of rotatable bonds is 5. The maximum atomic E-state index is 3.97. The van der Waals surface area contributed by atoms with Gasteiger partial charge in [-0.05, 0) is 18.6 Å². The zero-order valence-corrected chi connectivity index (χ0v) is 8.90. The van der Waals surface area contributed by atoms with E-state index in [4.69, 9.17) is 0 Å². The Bertz CT molecular complexity index is 388. The molecule has 2 aromatic heterocycles. The average Bonchev–Trinajstić information content (AvgIpc) is 2.88. The maximum Gasteiger partial charge on any atom is 0.0922 e. The van der Waals surface area contributed by atoms with Crippen molar-refractivity contribution in [1.82, 2.24) is 19.9 Å². The lowest BCUT2D eigenvalue weighted by Gasteiger charge is -2.00. The number of nitrogens with zero attached hydrogens (tertiary/aromatic N) is 2. The highest BCUT2D eigenvalue weighted by atomic mass is 15.0. The van der Waals surface area contributed by atoms with Crippen LogP contribution in [0.4, 0.5) is 0 Å². The van der Waals surface area contributed by atoms with Crippen LogP contribution in [-0.4, -0.2) is 14.5 Å². The summed E-state index contributed by atoms with van der Waals surface area (Å²) in [4.78, 5) is 7.03. The molecule has 2 rings (SSSR count). The van der Waals surface area contributed by atoms with E-state index in [2.05, 4.69) is 45.2 Å². The molecule has 2 heterocycles. The van der Waals surface area contributed by atoms with Gasteiger partial charge >= 0.3 is 0 Å². The SMILES string of the molecule is CCn1ccc(CNCc2cnc[nH]2)c1. The molecule has 0 bridgehead atoms. The molecule has 0 saturated carbocycles. The second-order valence-corrected chi connectivity index (χ2v) is 3.53. The summed E-state index contributed by atoms with van der Waals surface area (Å²) in [5.74, 6) is 0. The number of nitrogens with one attached hydrogen (secondary N) is 2. The molecular weight excluding hydrogens is 188 g/mol. The highest BCUT2D eigenvalue weighted by Gasteiger charge is 1.96. The second kappa shape index (κ2) is 4.79. The van der Waals surface area contributed by atoms with Crippen LogP contribution in [0, 0.1) is 0 Å². The fourth-order valence-electron chi connectivity index (χ4n) is 1.51. The first-order valence-electron chi connectivity index (χ1n) is 5.21. The lowest BCUT2D eigenvalue weighted by atomic mass is 10.3. The van der Waals surface area contributed by atoms with Gasteiger partial charge in [-0.25, -0.2) is 4.98 Å². The molecule has 2 N–H and O–H groups in total. The highest BCUT2D eigenvalue weighted by Crippen LogP contribution is 2.01. The molecule has 80 valence electrons. The van der Waals surface area contributed by atoms with Crippen molar-refractivity contribution in [1.29, 1.82) is 0 Å². The number of imidazole rings is 1.